The van der Waals surface area contributed by atoms with E-state index >= 15 is 0 Å². The molecular weight excluding hydrogens is 320 g/mol. The third kappa shape index (κ3) is 2.54. The molecule has 0 saturated carbocycles. The molecule has 0 spiro atoms. The average molecular weight is 342 g/mol. The van der Waals surface area contributed by atoms with E-state index in [0.29, 0.717) is 12.8 Å². The fourth-order valence-electron chi connectivity index (χ4n) is 3.98. The van der Waals surface area contributed by atoms with Crippen LogP contribution >= 0.6 is 0 Å². The highest BCUT2D eigenvalue weighted by Gasteiger charge is 2.51. The summed E-state index contributed by atoms with van der Waals surface area (Å²) in [5.74, 6) is -0.579. The monoisotopic (exact) mass is 342 g/mol. The number of esters is 2. The number of rotatable bonds is 3. The van der Waals surface area contributed by atoms with Crippen molar-refractivity contribution in [2.24, 2.45) is 5.92 Å². The molecule has 2 atom stereocenters. The molecule has 132 valence electrons. The van der Waals surface area contributed by atoms with Crippen LogP contribution in [0.3, 0.4) is 0 Å². The van der Waals surface area contributed by atoms with Gasteiger partial charge in [-0.3, -0.25) is 9.59 Å². The van der Waals surface area contributed by atoms with E-state index in [2.05, 4.69) is 0 Å². The fraction of sp³-hybridized carbons (Fsp3) is 0.400. The number of aryl methyl sites for hydroxylation is 1. The second kappa shape index (κ2) is 6.39. The minimum Gasteiger partial charge on any atom is -0.497 e. The van der Waals surface area contributed by atoms with E-state index < -0.39 is 17.3 Å². The van der Waals surface area contributed by atoms with E-state index in [1.807, 2.05) is 30.3 Å². The van der Waals surface area contributed by atoms with Gasteiger partial charge in [-0.15, -0.1) is 0 Å². The summed E-state index contributed by atoms with van der Waals surface area (Å²) in [4.78, 5) is 25.0. The van der Waals surface area contributed by atoms with Crippen molar-refractivity contribution in [3.05, 3.63) is 41.5 Å². The molecule has 2 aromatic carbocycles. The van der Waals surface area contributed by atoms with E-state index in [0.717, 1.165) is 27.6 Å². The molecule has 2 unspecified atom stereocenters. The Bertz CT molecular complexity index is 841. The van der Waals surface area contributed by atoms with Crippen molar-refractivity contribution in [3.63, 3.8) is 0 Å². The van der Waals surface area contributed by atoms with Crippen molar-refractivity contribution in [2.45, 2.75) is 25.2 Å². The van der Waals surface area contributed by atoms with E-state index in [4.69, 9.17) is 14.2 Å². The van der Waals surface area contributed by atoms with Gasteiger partial charge in [-0.2, -0.15) is 0 Å². The van der Waals surface area contributed by atoms with E-state index in [-0.39, 0.29) is 5.97 Å². The molecule has 1 aliphatic carbocycles. The summed E-state index contributed by atoms with van der Waals surface area (Å²) in [6, 6.07) is 9.76. The summed E-state index contributed by atoms with van der Waals surface area (Å²) in [6.45, 7) is 1.77. The number of carbonyl (C=O) groups is 2. The molecule has 0 heterocycles. The molecule has 0 N–H and O–H groups in total. The molecule has 0 aliphatic heterocycles. The third-order valence-electron chi connectivity index (χ3n) is 5.37. The van der Waals surface area contributed by atoms with E-state index in [1.54, 1.807) is 14.0 Å². The first kappa shape index (κ1) is 17.3. The van der Waals surface area contributed by atoms with Crippen LogP contribution in [0.15, 0.2) is 30.3 Å². The Morgan fingerprint density at radius 2 is 1.84 bits per heavy atom. The lowest BCUT2D eigenvalue weighted by atomic mass is 9.63. The lowest BCUT2D eigenvalue weighted by Gasteiger charge is -2.39. The molecule has 3 rings (SSSR count). The summed E-state index contributed by atoms with van der Waals surface area (Å²) >= 11 is 0. The Morgan fingerprint density at radius 1 is 1.08 bits per heavy atom. The molecule has 0 saturated heterocycles. The summed E-state index contributed by atoms with van der Waals surface area (Å²) in [5.41, 5.74) is 0.843. The van der Waals surface area contributed by atoms with Crippen LogP contribution in [0, 0.1) is 5.92 Å². The first-order chi connectivity index (χ1) is 12.0. The maximum Gasteiger partial charge on any atom is 0.316 e. The van der Waals surface area contributed by atoms with Gasteiger partial charge in [0.2, 0.25) is 0 Å². The maximum atomic E-state index is 12.7. The van der Waals surface area contributed by atoms with Crippen LogP contribution in [0.4, 0.5) is 0 Å². The number of hydrogen-bond acceptors (Lipinski definition) is 5. The quantitative estimate of drug-likeness (QED) is 0.803. The molecule has 0 bridgehead atoms. The largest absolute Gasteiger partial charge is 0.497 e. The normalized spacial score (nSPS) is 22.2. The van der Waals surface area contributed by atoms with Gasteiger partial charge in [0, 0.05) is 0 Å². The number of ether oxygens (including phenoxy) is 3. The van der Waals surface area contributed by atoms with Gasteiger partial charge < -0.3 is 14.2 Å². The smallest absolute Gasteiger partial charge is 0.316 e. The zero-order chi connectivity index (χ0) is 18.2. The number of hydrogen-bond donors (Lipinski definition) is 0. The lowest BCUT2D eigenvalue weighted by molar-refractivity contribution is -0.160. The van der Waals surface area contributed by atoms with Crippen molar-refractivity contribution < 1.29 is 23.8 Å². The van der Waals surface area contributed by atoms with Crippen LogP contribution < -0.4 is 4.74 Å². The number of fused-ring (bicyclic) bond motifs is 3. The molecule has 5 heteroatoms. The van der Waals surface area contributed by atoms with Crippen molar-refractivity contribution in [2.75, 3.05) is 21.3 Å². The van der Waals surface area contributed by atoms with Gasteiger partial charge in [0.1, 0.15) is 11.2 Å². The fourth-order valence-corrected chi connectivity index (χ4v) is 3.98. The first-order valence-electron chi connectivity index (χ1n) is 8.23. The predicted octanol–water partition coefficient (Wildman–Crippen LogP) is 3.01. The highest BCUT2D eigenvalue weighted by atomic mass is 16.5. The Kier molecular flexibility index (Phi) is 4.41. The van der Waals surface area contributed by atoms with Crippen LogP contribution in [0.5, 0.6) is 5.75 Å². The zero-order valence-corrected chi connectivity index (χ0v) is 14.9. The van der Waals surface area contributed by atoms with Gasteiger partial charge >= 0.3 is 11.9 Å². The third-order valence-corrected chi connectivity index (χ3v) is 5.37. The van der Waals surface area contributed by atoms with E-state index in [9.17, 15) is 9.59 Å². The molecule has 25 heavy (non-hydrogen) atoms. The van der Waals surface area contributed by atoms with Crippen LogP contribution in [0.25, 0.3) is 10.8 Å². The molecular formula is C20H22O5. The molecule has 1 aliphatic rings. The van der Waals surface area contributed by atoms with Gasteiger partial charge in [0.15, 0.2) is 0 Å². The standard InChI is InChI=1S/C20H22O5/c1-20(19(22)25-4)16-9-5-12-11-13(23-2)6-7-14(12)15(16)8-10-17(20)18(21)24-3/h5-7,9,11,17H,8,10H2,1-4H3. The highest BCUT2D eigenvalue weighted by molar-refractivity contribution is 5.95. The van der Waals surface area contributed by atoms with Gasteiger partial charge in [0.25, 0.3) is 0 Å². The summed E-state index contributed by atoms with van der Waals surface area (Å²) in [6.07, 6.45) is 1.24. The molecule has 2 aromatic rings. The zero-order valence-electron chi connectivity index (χ0n) is 14.9. The number of benzene rings is 2. The van der Waals surface area contributed by atoms with Crippen LogP contribution in [-0.4, -0.2) is 33.3 Å². The Morgan fingerprint density at radius 3 is 2.48 bits per heavy atom. The van der Waals surface area contributed by atoms with Crippen LogP contribution in [-0.2, 0) is 30.9 Å². The predicted molar refractivity (Wildman–Crippen MR) is 93.7 cm³/mol. The average Bonchev–Trinajstić information content (AvgIpc) is 2.66. The summed E-state index contributed by atoms with van der Waals surface area (Å²) in [5, 5.41) is 2.11. The van der Waals surface area contributed by atoms with Crippen molar-refractivity contribution in [1.29, 1.82) is 0 Å². The molecule has 5 nitrogen and oxygen atoms in total. The van der Waals surface area contributed by atoms with Crippen molar-refractivity contribution >= 4 is 22.7 Å². The van der Waals surface area contributed by atoms with Gasteiger partial charge in [0.05, 0.1) is 27.2 Å². The lowest BCUT2D eigenvalue weighted by Crippen LogP contribution is -2.48. The molecule has 0 fully saturated rings. The number of carbonyl (C=O) groups excluding carboxylic acids is 2. The van der Waals surface area contributed by atoms with Gasteiger partial charge in [-0.1, -0.05) is 18.2 Å². The summed E-state index contributed by atoms with van der Waals surface area (Å²) in [7, 11) is 4.33. The van der Waals surface area contributed by atoms with Crippen molar-refractivity contribution in [1.82, 2.24) is 0 Å². The SMILES string of the molecule is COC(=O)C1CCc2c(ccc3cc(OC)ccc23)C1(C)C(=O)OC. The number of methoxy groups -OCH3 is 3. The Hall–Kier alpha value is -2.56. The van der Waals surface area contributed by atoms with Crippen molar-refractivity contribution in [3.8, 4) is 5.75 Å². The Balaban J connectivity index is 2.24. The van der Waals surface area contributed by atoms with E-state index in [1.165, 1.54) is 14.2 Å². The molecule has 0 radical (unpaired) electrons. The second-order valence-corrected chi connectivity index (χ2v) is 6.49. The van der Waals surface area contributed by atoms with Crippen LogP contribution in [0.1, 0.15) is 24.5 Å². The minimum absolute atomic E-state index is 0.381. The second-order valence-electron chi connectivity index (χ2n) is 6.49. The van der Waals surface area contributed by atoms with Crippen LogP contribution in [0.2, 0.25) is 0 Å². The molecule has 0 amide bonds. The summed E-state index contributed by atoms with van der Waals surface area (Å²) < 4.78 is 15.3. The Labute approximate surface area is 146 Å². The molecule has 0 aromatic heterocycles. The topological polar surface area (TPSA) is 61.8 Å². The van der Waals surface area contributed by atoms with Gasteiger partial charge in [-0.25, -0.2) is 0 Å². The first-order valence-corrected chi connectivity index (χ1v) is 8.23. The highest BCUT2D eigenvalue weighted by Crippen LogP contribution is 2.45. The maximum absolute atomic E-state index is 12.7. The minimum atomic E-state index is -1.07. The van der Waals surface area contributed by atoms with Gasteiger partial charge in [-0.05, 0) is 53.8 Å².